The topological polar surface area (TPSA) is 53.7 Å². The van der Waals surface area contributed by atoms with Crippen molar-refractivity contribution < 1.29 is 14.2 Å². The van der Waals surface area contributed by atoms with Gasteiger partial charge in [-0.1, -0.05) is 11.6 Å². The van der Waals surface area contributed by atoms with Crippen LogP contribution in [0.1, 0.15) is 19.4 Å². The molecule has 2 N–H and O–H groups in total. The quantitative estimate of drug-likeness (QED) is 0.903. The first-order valence-corrected chi connectivity index (χ1v) is 6.60. The van der Waals surface area contributed by atoms with E-state index in [1.165, 1.54) is 5.54 Å². The van der Waals surface area contributed by atoms with Crippen LogP contribution in [-0.2, 0) is 6.42 Å². The molecule has 1 aromatic carbocycles. The number of rotatable bonds is 5. The van der Waals surface area contributed by atoms with E-state index in [4.69, 9.17) is 31.5 Å². The Labute approximate surface area is 118 Å². The third-order valence-corrected chi connectivity index (χ3v) is 3.11. The molecule has 19 heavy (non-hydrogen) atoms. The van der Waals surface area contributed by atoms with Crippen molar-refractivity contribution in [3.05, 3.63) is 28.8 Å². The number of halogens is 1. The fourth-order valence-electron chi connectivity index (χ4n) is 1.83. The summed E-state index contributed by atoms with van der Waals surface area (Å²) in [4.78, 5) is 0. The Balaban J connectivity index is 2.23. The Morgan fingerprint density at radius 3 is 2.79 bits per heavy atom. The van der Waals surface area contributed by atoms with Gasteiger partial charge in [0, 0.05) is 17.6 Å². The van der Waals surface area contributed by atoms with Gasteiger partial charge in [0.25, 0.3) is 0 Å². The van der Waals surface area contributed by atoms with Gasteiger partial charge >= 0.3 is 0 Å². The van der Waals surface area contributed by atoms with Crippen molar-refractivity contribution in [2.24, 2.45) is 5.73 Å². The van der Waals surface area contributed by atoms with Gasteiger partial charge in [-0.2, -0.15) is 0 Å². The van der Waals surface area contributed by atoms with Crippen LogP contribution >= 0.6 is 11.6 Å². The summed E-state index contributed by atoms with van der Waals surface area (Å²) < 4.78 is 16.5. The smallest absolute Gasteiger partial charge is 0.231 e. The van der Waals surface area contributed by atoms with E-state index in [0.717, 1.165) is 29.1 Å². The monoisotopic (exact) mass is 283 g/mol. The third-order valence-electron chi connectivity index (χ3n) is 2.74. The van der Waals surface area contributed by atoms with Crippen LogP contribution in [0.15, 0.2) is 23.2 Å². The maximum Gasteiger partial charge on any atom is 0.231 e. The third kappa shape index (κ3) is 3.55. The molecule has 0 radical (unpaired) electrons. The minimum atomic E-state index is 0.0485. The lowest BCUT2D eigenvalue weighted by molar-refractivity contribution is 0.174. The fourth-order valence-corrected chi connectivity index (χ4v) is 1.89. The van der Waals surface area contributed by atoms with Crippen molar-refractivity contribution in [2.75, 3.05) is 13.4 Å². The standard InChI is InChI=1S/C14H18ClNO3/c1-9(6-15)7-17-12-5-14-13(18-8-19-14)4-11(12)3-10(2)16/h4-6,10H,3,7-8,16H2,1-2H3/b9-6+. The summed E-state index contributed by atoms with van der Waals surface area (Å²) in [6, 6.07) is 3.83. The Morgan fingerprint density at radius 1 is 1.47 bits per heavy atom. The van der Waals surface area contributed by atoms with Crippen molar-refractivity contribution in [2.45, 2.75) is 26.3 Å². The summed E-state index contributed by atoms with van der Waals surface area (Å²) in [5, 5.41) is 0. The minimum absolute atomic E-state index is 0.0485. The van der Waals surface area contributed by atoms with Crippen molar-refractivity contribution in [3.8, 4) is 17.2 Å². The Hall–Kier alpha value is -1.39. The number of fused-ring (bicyclic) bond motifs is 1. The second-order valence-electron chi connectivity index (χ2n) is 4.74. The number of nitrogens with two attached hydrogens (primary N) is 1. The van der Waals surface area contributed by atoms with E-state index in [9.17, 15) is 0 Å². The highest BCUT2D eigenvalue weighted by Gasteiger charge is 2.18. The SMILES string of the molecule is C/C(=C\Cl)COc1cc2c(cc1CC(C)N)OCO2. The van der Waals surface area contributed by atoms with E-state index in [1.807, 2.05) is 26.0 Å². The van der Waals surface area contributed by atoms with E-state index in [0.29, 0.717) is 12.4 Å². The number of ether oxygens (including phenoxy) is 3. The molecule has 0 aliphatic carbocycles. The molecule has 4 nitrogen and oxygen atoms in total. The van der Waals surface area contributed by atoms with Crippen molar-refractivity contribution in [3.63, 3.8) is 0 Å². The maximum absolute atomic E-state index is 5.86. The summed E-state index contributed by atoms with van der Waals surface area (Å²) in [6.07, 6.45) is 0.718. The molecule has 0 fully saturated rings. The number of hydrogen-bond donors (Lipinski definition) is 1. The predicted octanol–water partition coefficient (Wildman–Crippen LogP) is 2.83. The Kier molecular flexibility index (Phi) is 4.56. The molecule has 5 heteroatoms. The molecule has 2 rings (SSSR count). The van der Waals surface area contributed by atoms with E-state index >= 15 is 0 Å². The van der Waals surface area contributed by atoms with Crippen LogP contribution < -0.4 is 19.9 Å². The first-order valence-electron chi connectivity index (χ1n) is 6.17. The van der Waals surface area contributed by atoms with Gasteiger partial charge in [0.2, 0.25) is 6.79 Å². The van der Waals surface area contributed by atoms with Crippen LogP contribution in [0.25, 0.3) is 0 Å². The summed E-state index contributed by atoms with van der Waals surface area (Å²) >= 11 is 5.63. The Bertz CT molecular complexity index is 486. The van der Waals surface area contributed by atoms with Crippen LogP contribution in [0, 0.1) is 0 Å². The van der Waals surface area contributed by atoms with Crippen LogP contribution in [0.4, 0.5) is 0 Å². The molecule has 1 aromatic rings. The van der Waals surface area contributed by atoms with Gasteiger partial charge < -0.3 is 19.9 Å². The van der Waals surface area contributed by atoms with Crippen molar-refractivity contribution in [1.29, 1.82) is 0 Å². The maximum atomic E-state index is 5.86. The molecule has 1 atom stereocenters. The molecule has 1 aliphatic rings. The summed E-state index contributed by atoms with van der Waals surface area (Å²) in [5.74, 6) is 2.21. The zero-order chi connectivity index (χ0) is 13.8. The molecule has 0 amide bonds. The molecule has 104 valence electrons. The molecular formula is C14H18ClNO3. The fraction of sp³-hybridized carbons (Fsp3) is 0.429. The van der Waals surface area contributed by atoms with Gasteiger partial charge in [0.1, 0.15) is 12.4 Å². The molecule has 1 aliphatic heterocycles. The lowest BCUT2D eigenvalue weighted by atomic mass is 10.1. The zero-order valence-corrected chi connectivity index (χ0v) is 11.9. The summed E-state index contributed by atoms with van der Waals surface area (Å²) in [6.45, 7) is 4.55. The normalized spacial score (nSPS) is 15.5. The van der Waals surface area contributed by atoms with Crippen LogP contribution in [0.2, 0.25) is 0 Å². The number of benzene rings is 1. The van der Waals surface area contributed by atoms with E-state index in [2.05, 4.69) is 0 Å². The van der Waals surface area contributed by atoms with E-state index in [-0.39, 0.29) is 12.8 Å². The van der Waals surface area contributed by atoms with Crippen LogP contribution in [0.3, 0.4) is 0 Å². The van der Waals surface area contributed by atoms with Crippen molar-refractivity contribution in [1.82, 2.24) is 0 Å². The molecule has 1 heterocycles. The highest BCUT2D eigenvalue weighted by Crippen LogP contribution is 2.38. The highest BCUT2D eigenvalue weighted by atomic mass is 35.5. The van der Waals surface area contributed by atoms with Crippen LogP contribution in [-0.4, -0.2) is 19.4 Å². The van der Waals surface area contributed by atoms with E-state index < -0.39 is 0 Å². The molecule has 0 bridgehead atoms. The second kappa shape index (κ2) is 6.17. The molecule has 0 aromatic heterocycles. The molecule has 0 saturated carbocycles. The van der Waals surface area contributed by atoms with Gasteiger partial charge in [-0.05, 0) is 37.5 Å². The lowest BCUT2D eigenvalue weighted by Crippen LogP contribution is -2.18. The molecule has 1 unspecified atom stereocenters. The van der Waals surface area contributed by atoms with Gasteiger partial charge in [-0.15, -0.1) is 0 Å². The van der Waals surface area contributed by atoms with Gasteiger partial charge in [-0.25, -0.2) is 0 Å². The summed E-state index contributed by atoms with van der Waals surface area (Å²) in [5.41, 5.74) is 9.34. The van der Waals surface area contributed by atoms with Gasteiger partial charge in [0.15, 0.2) is 11.5 Å². The first kappa shape index (κ1) is 14.0. The minimum Gasteiger partial charge on any atom is -0.489 e. The molecule has 0 saturated heterocycles. The molecular weight excluding hydrogens is 266 g/mol. The second-order valence-corrected chi connectivity index (χ2v) is 4.96. The lowest BCUT2D eigenvalue weighted by Gasteiger charge is -2.14. The number of hydrogen-bond acceptors (Lipinski definition) is 4. The van der Waals surface area contributed by atoms with Crippen LogP contribution in [0.5, 0.6) is 17.2 Å². The average molecular weight is 284 g/mol. The predicted molar refractivity (Wildman–Crippen MR) is 75.0 cm³/mol. The largest absolute Gasteiger partial charge is 0.489 e. The van der Waals surface area contributed by atoms with Gasteiger partial charge in [-0.3, -0.25) is 0 Å². The Morgan fingerprint density at radius 2 is 2.16 bits per heavy atom. The van der Waals surface area contributed by atoms with E-state index in [1.54, 1.807) is 0 Å². The first-order chi connectivity index (χ1) is 9.10. The highest BCUT2D eigenvalue weighted by molar-refractivity contribution is 6.25. The average Bonchev–Trinajstić information content (AvgIpc) is 2.81. The summed E-state index contributed by atoms with van der Waals surface area (Å²) in [7, 11) is 0. The van der Waals surface area contributed by atoms with Crippen molar-refractivity contribution >= 4 is 11.6 Å². The zero-order valence-electron chi connectivity index (χ0n) is 11.1. The van der Waals surface area contributed by atoms with Gasteiger partial charge in [0.05, 0.1) is 0 Å². The molecule has 0 spiro atoms.